The minimum Gasteiger partial charge on any atom is -0.480 e. The molecular weight excluding hydrogens is 423 g/mol. The van der Waals surface area contributed by atoms with Crippen molar-refractivity contribution in [2.24, 2.45) is 0 Å². The van der Waals surface area contributed by atoms with E-state index in [1.165, 1.54) is 6.33 Å². The third kappa shape index (κ3) is 4.45. The highest BCUT2D eigenvalue weighted by molar-refractivity contribution is 5.91. The molecular formula is C24H27FN6O2. The molecule has 1 aliphatic rings. The van der Waals surface area contributed by atoms with Crippen molar-refractivity contribution in [3.63, 3.8) is 0 Å². The summed E-state index contributed by atoms with van der Waals surface area (Å²) < 4.78 is 26.1. The molecule has 0 radical (unpaired) electrons. The summed E-state index contributed by atoms with van der Waals surface area (Å²) in [5.74, 6) is 1.13. The lowest BCUT2D eigenvalue weighted by Gasteiger charge is -2.29. The number of nitrogens with one attached hydrogen (secondary N) is 1. The van der Waals surface area contributed by atoms with E-state index in [0.29, 0.717) is 18.2 Å². The zero-order valence-corrected chi connectivity index (χ0v) is 18.7. The van der Waals surface area contributed by atoms with Gasteiger partial charge in [-0.1, -0.05) is 13.0 Å². The zero-order chi connectivity index (χ0) is 22.8. The van der Waals surface area contributed by atoms with E-state index in [2.05, 4.69) is 25.4 Å². The number of benzene rings is 1. The van der Waals surface area contributed by atoms with Crippen LogP contribution in [0.4, 0.5) is 10.3 Å². The zero-order valence-electron chi connectivity index (χ0n) is 18.7. The van der Waals surface area contributed by atoms with Gasteiger partial charge in [0.05, 0.1) is 35.8 Å². The molecule has 1 fully saturated rings. The van der Waals surface area contributed by atoms with Crippen molar-refractivity contribution in [1.82, 2.24) is 24.6 Å². The van der Waals surface area contributed by atoms with E-state index in [9.17, 15) is 4.39 Å². The van der Waals surface area contributed by atoms with Gasteiger partial charge in [-0.25, -0.2) is 23.9 Å². The first-order valence-electron chi connectivity index (χ1n) is 11.3. The molecule has 3 aromatic heterocycles. The van der Waals surface area contributed by atoms with Crippen LogP contribution >= 0.6 is 0 Å². The summed E-state index contributed by atoms with van der Waals surface area (Å²) in [7, 11) is 1.60. The molecule has 8 nitrogen and oxygen atoms in total. The summed E-state index contributed by atoms with van der Waals surface area (Å²) in [4.78, 5) is 13.1. The number of anilines is 1. The molecule has 3 heterocycles. The number of ether oxygens (including phenoxy) is 2. The molecule has 4 aromatic rings. The summed E-state index contributed by atoms with van der Waals surface area (Å²) >= 11 is 0. The number of alkyl halides is 1. The van der Waals surface area contributed by atoms with Gasteiger partial charge in [-0.05, 0) is 49.4 Å². The van der Waals surface area contributed by atoms with Gasteiger partial charge in [-0.2, -0.15) is 0 Å². The Morgan fingerprint density at radius 3 is 2.79 bits per heavy atom. The van der Waals surface area contributed by atoms with E-state index >= 15 is 0 Å². The highest BCUT2D eigenvalue weighted by Gasteiger charge is 2.24. The minimum absolute atomic E-state index is 0.000571. The maximum Gasteiger partial charge on any atom is 0.241 e. The van der Waals surface area contributed by atoms with Gasteiger partial charge < -0.3 is 14.8 Å². The van der Waals surface area contributed by atoms with Crippen LogP contribution in [0.15, 0.2) is 43.0 Å². The van der Waals surface area contributed by atoms with Gasteiger partial charge >= 0.3 is 0 Å². The van der Waals surface area contributed by atoms with Crippen LogP contribution in [0.1, 0.15) is 39.0 Å². The molecule has 1 N–H and O–H groups in total. The number of rotatable bonds is 7. The molecule has 5 rings (SSSR count). The summed E-state index contributed by atoms with van der Waals surface area (Å²) in [6.07, 6.45) is 7.97. The van der Waals surface area contributed by atoms with Crippen LogP contribution in [0, 0.1) is 0 Å². The lowest BCUT2D eigenvalue weighted by Crippen LogP contribution is -2.31. The molecule has 1 saturated carbocycles. The fourth-order valence-electron chi connectivity index (χ4n) is 4.40. The molecule has 0 bridgehead atoms. The van der Waals surface area contributed by atoms with Crippen LogP contribution < -0.4 is 10.1 Å². The van der Waals surface area contributed by atoms with Crippen molar-refractivity contribution in [2.45, 2.75) is 57.5 Å². The third-order valence-corrected chi connectivity index (χ3v) is 6.19. The summed E-state index contributed by atoms with van der Waals surface area (Å²) in [5, 5.41) is 8.92. The second kappa shape index (κ2) is 9.27. The van der Waals surface area contributed by atoms with Crippen LogP contribution in [-0.2, 0) is 4.74 Å². The first-order valence-corrected chi connectivity index (χ1v) is 11.3. The fourth-order valence-corrected chi connectivity index (χ4v) is 4.40. The van der Waals surface area contributed by atoms with Gasteiger partial charge in [0.15, 0.2) is 6.36 Å². The van der Waals surface area contributed by atoms with Crippen molar-refractivity contribution in [2.75, 3.05) is 12.4 Å². The number of hydrogen-bond donors (Lipinski definition) is 1. The van der Waals surface area contributed by atoms with Crippen molar-refractivity contribution < 1.29 is 13.9 Å². The van der Waals surface area contributed by atoms with E-state index < -0.39 is 6.36 Å². The normalized spacial score (nSPS) is 19.6. The van der Waals surface area contributed by atoms with E-state index in [1.807, 2.05) is 41.2 Å². The molecule has 33 heavy (non-hydrogen) atoms. The third-order valence-electron chi connectivity index (χ3n) is 6.19. The highest BCUT2D eigenvalue weighted by Crippen LogP contribution is 2.31. The molecule has 1 aromatic carbocycles. The molecule has 172 valence electrons. The lowest BCUT2D eigenvalue weighted by molar-refractivity contribution is -0.0982. The minimum atomic E-state index is -1.16. The molecule has 9 heteroatoms. The fraction of sp³-hybridized carbons (Fsp3) is 0.417. The Bertz CT molecular complexity index is 1250. The number of nitrogens with zero attached hydrogens (tertiary/aromatic N) is 5. The number of aromatic nitrogens is 5. The molecule has 0 amide bonds. The first kappa shape index (κ1) is 21.5. The number of fused-ring (bicyclic) bond motifs is 2. The van der Waals surface area contributed by atoms with Crippen molar-refractivity contribution in [3.05, 3.63) is 43.0 Å². The number of halogens is 1. The van der Waals surface area contributed by atoms with Crippen molar-refractivity contribution in [3.8, 4) is 17.0 Å². The van der Waals surface area contributed by atoms with E-state index in [4.69, 9.17) is 9.47 Å². The Morgan fingerprint density at radius 2 is 2.00 bits per heavy atom. The predicted octanol–water partition coefficient (Wildman–Crippen LogP) is 4.79. The maximum absolute atomic E-state index is 13.5. The van der Waals surface area contributed by atoms with Crippen LogP contribution in [0.5, 0.6) is 5.88 Å². The number of hydrogen-bond acceptors (Lipinski definition) is 7. The van der Waals surface area contributed by atoms with E-state index in [-0.39, 0.29) is 12.1 Å². The standard InChI is InChI=1S/C24H27FN6O2/c1-3-22(25)33-17-7-5-16(6-8-17)29-24-26-13-21-18(10-11-31(21)30-24)15-4-9-20-19(12-15)23(32-2)28-14-27-20/h4,9-14,16-17,22H,3,5-8H2,1-2H3,(H,29,30). The molecule has 1 unspecified atom stereocenters. The van der Waals surface area contributed by atoms with Gasteiger partial charge in [-0.15, -0.1) is 5.10 Å². The van der Waals surface area contributed by atoms with Gasteiger partial charge in [0.25, 0.3) is 0 Å². The Hall–Kier alpha value is -3.33. The average molecular weight is 451 g/mol. The second-order valence-corrected chi connectivity index (χ2v) is 8.33. The van der Waals surface area contributed by atoms with E-state index in [1.54, 1.807) is 14.0 Å². The molecule has 1 atom stereocenters. The summed E-state index contributed by atoms with van der Waals surface area (Å²) in [5.41, 5.74) is 3.76. The lowest BCUT2D eigenvalue weighted by atomic mass is 9.93. The molecule has 0 spiro atoms. The highest BCUT2D eigenvalue weighted by atomic mass is 19.1. The Labute approximate surface area is 191 Å². The molecule has 0 saturated heterocycles. The average Bonchev–Trinajstić information content (AvgIpc) is 3.27. The van der Waals surface area contributed by atoms with Gasteiger partial charge in [-0.3, -0.25) is 0 Å². The SMILES string of the molecule is CCC(F)OC1CCC(Nc2ncc3c(-c4ccc5ncnc(OC)c5c4)ccn3n2)CC1. The largest absolute Gasteiger partial charge is 0.480 e. The molecule has 0 aliphatic heterocycles. The summed E-state index contributed by atoms with van der Waals surface area (Å²) in [6, 6.07) is 8.29. The van der Waals surface area contributed by atoms with Gasteiger partial charge in [0.1, 0.15) is 6.33 Å². The Kier molecular flexibility index (Phi) is 6.04. The smallest absolute Gasteiger partial charge is 0.241 e. The number of methoxy groups -OCH3 is 1. The van der Waals surface area contributed by atoms with Crippen molar-refractivity contribution in [1.29, 1.82) is 0 Å². The Balaban J connectivity index is 1.32. The van der Waals surface area contributed by atoms with Crippen LogP contribution in [-0.4, -0.2) is 50.2 Å². The first-order chi connectivity index (χ1) is 16.1. The predicted molar refractivity (Wildman–Crippen MR) is 124 cm³/mol. The Morgan fingerprint density at radius 1 is 1.15 bits per heavy atom. The topological polar surface area (TPSA) is 86.5 Å². The van der Waals surface area contributed by atoms with Gasteiger partial charge in [0.2, 0.25) is 11.8 Å². The second-order valence-electron chi connectivity index (χ2n) is 8.33. The quantitative estimate of drug-likeness (QED) is 0.433. The van der Waals surface area contributed by atoms with Gasteiger partial charge in [0, 0.05) is 24.2 Å². The van der Waals surface area contributed by atoms with Crippen LogP contribution in [0.3, 0.4) is 0 Å². The molecule has 1 aliphatic carbocycles. The van der Waals surface area contributed by atoms with Crippen LogP contribution in [0.25, 0.3) is 27.5 Å². The monoisotopic (exact) mass is 450 g/mol. The maximum atomic E-state index is 13.5. The van der Waals surface area contributed by atoms with Crippen LogP contribution in [0.2, 0.25) is 0 Å². The van der Waals surface area contributed by atoms with E-state index in [0.717, 1.165) is 53.2 Å². The van der Waals surface area contributed by atoms with Crippen molar-refractivity contribution >= 4 is 22.4 Å². The summed E-state index contributed by atoms with van der Waals surface area (Å²) in [6.45, 7) is 1.79.